The zero-order chi connectivity index (χ0) is 25.8. The Morgan fingerprint density at radius 3 is 2.78 bits per heavy atom. The standard InChI is InChI=1S/C27H29N5O4S/c1-18-13-15-37-26(18)25(27(34)28-16-19-8-7-14-36-19)32(22-11-5-6-12-23(22)35-2)24(33)17-31-21-10-4-3-9-20(21)29-30-31/h3-6,9-13,15,19,25H,7-8,14,16-17H2,1-2H3,(H,28,34)/t19-,25+/m0/s1. The maximum Gasteiger partial charge on any atom is 0.249 e. The number of fused-ring (bicyclic) bond motifs is 1. The second kappa shape index (κ2) is 11.1. The molecule has 1 saturated heterocycles. The summed E-state index contributed by atoms with van der Waals surface area (Å²) in [6.07, 6.45) is 1.86. The van der Waals surface area contributed by atoms with Crippen molar-refractivity contribution in [1.82, 2.24) is 20.3 Å². The Hall–Kier alpha value is -3.76. The molecule has 0 bridgehead atoms. The van der Waals surface area contributed by atoms with Gasteiger partial charge in [-0.1, -0.05) is 29.5 Å². The maximum absolute atomic E-state index is 14.1. The summed E-state index contributed by atoms with van der Waals surface area (Å²) in [5.74, 6) is -0.0978. The Kier molecular flexibility index (Phi) is 7.47. The van der Waals surface area contributed by atoms with Crippen LogP contribution in [0.4, 0.5) is 5.69 Å². The fourth-order valence-corrected chi connectivity index (χ4v) is 5.63. The zero-order valence-electron chi connectivity index (χ0n) is 20.8. The van der Waals surface area contributed by atoms with Crippen molar-refractivity contribution < 1.29 is 19.1 Å². The van der Waals surface area contributed by atoms with Gasteiger partial charge in [0.05, 0.1) is 24.4 Å². The molecule has 10 heteroatoms. The van der Waals surface area contributed by atoms with Crippen LogP contribution in [0.15, 0.2) is 60.0 Å². The lowest BCUT2D eigenvalue weighted by Crippen LogP contribution is -2.46. The Bertz CT molecular complexity index is 1390. The minimum absolute atomic E-state index is 0.0223. The fraction of sp³-hybridized carbons (Fsp3) is 0.333. The van der Waals surface area contributed by atoms with Gasteiger partial charge in [0, 0.05) is 18.0 Å². The molecule has 4 aromatic rings. The van der Waals surface area contributed by atoms with Crippen LogP contribution >= 0.6 is 11.3 Å². The summed E-state index contributed by atoms with van der Waals surface area (Å²) in [6.45, 7) is 2.94. The van der Waals surface area contributed by atoms with Gasteiger partial charge in [-0.05, 0) is 61.0 Å². The third-order valence-corrected chi connectivity index (χ3v) is 7.57. The van der Waals surface area contributed by atoms with Crippen molar-refractivity contribution >= 4 is 39.9 Å². The molecule has 2 aromatic carbocycles. The van der Waals surface area contributed by atoms with Crippen molar-refractivity contribution in [2.24, 2.45) is 0 Å². The molecule has 2 amide bonds. The first-order chi connectivity index (χ1) is 18.1. The first-order valence-corrected chi connectivity index (χ1v) is 13.1. The van der Waals surface area contributed by atoms with E-state index in [2.05, 4.69) is 15.6 Å². The van der Waals surface area contributed by atoms with E-state index >= 15 is 0 Å². The Morgan fingerprint density at radius 1 is 1.22 bits per heavy atom. The molecule has 0 radical (unpaired) electrons. The minimum Gasteiger partial charge on any atom is -0.495 e. The molecule has 9 nitrogen and oxygen atoms in total. The van der Waals surface area contributed by atoms with E-state index in [9.17, 15) is 9.59 Å². The number of rotatable bonds is 9. The molecule has 2 aromatic heterocycles. The van der Waals surface area contributed by atoms with Crippen LogP contribution in [0.2, 0.25) is 0 Å². The van der Waals surface area contributed by atoms with E-state index in [1.807, 2.05) is 54.8 Å². The quantitative estimate of drug-likeness (QED) is 0.360. The summed E-state index contributed by atoms with van der Waals surface area (Å²) in [5, 5.41) is 13.4. The normalized spacial score (nSPS) is 16.0. The van der Waals surface area contributed by atoms with Crippen LogP contribution < -0.4 is 15.0 Å². The SMILES string of the molecule is COc1ccccc1N(C(=O)Cn1nnc2ccccc21)[C@@H](C(=O)NC[C@@H]1CCCO1)c1sccc1C. The number of carbonyl (C=O) groups is 2. The highest BCUT2D eigenvalue weighted by molar-refractivity contribution is 7.10. The molecular weight excluding hydrogens is 490 g/mol. The number of ether oxygens (including phenoxy) is 2. The average molecular weight is 520 g/mol. The minimum atomic E-state index is -0.903. The van der Waals surface area contributed by atoms with Crippen molar-refractivity contribution in [3.8, 4) is 5.75 Å². The number of hydrogen-bond acceptors (Lipinski definition) is 7. The van der Waals surface area contributed by atoms with Gasteiger partial charge in [0.2, 0.25) is 11.8 Å². The number of aryl methyl sites for hydroxylation is 1. The Labute approximate surface area is 219 Å². The third-order valence-electron chi connectivity index (χ3n) is 6.50. The maximum atomic E-state index is 14.1. The fourth-order valence-electron chi connectivity index (χ4n) is 4.62. The van der Waals surface area contributed by atoms with Gasteiger partial charge in [-0.2, -0.15) is 0 Å². The van der Waals surface area contributed by atoms with E-state index in [-0.39, 0.29) is 24.5 Å². The van der Waals surface area contributed by atoms with Crippen LogP contribution in [0.25, 0.3) is 11.0 Å². The number of amides is 2. The number of hydrogen-bond donors (Lipinski definition) is 1. The van der Waals surface area contributed by atoms with Crippen LogP contribution in [0.3, 0.4) is 0 Å². The lowest BCUT2D eigenvalue weighted by Gasteiger charge is -2.32. The van der Waals surface area contributed by atoms with Crippen LogP contribution in [0.5, 0.6) is 5.75 Å². The first-order valence-electron chi connectivity index (χ1n) is 12.2. The highest BCUT2D eigenvalue weighted by atomic mass is 32.1. The zero-order valence-corrected chi connectivity index (χ0v) is 21.6. The van der Waals surface area contributed by atoms with Gasteiger partial charge in [0.1, 0.15) is 17.8 Å². The first kappa shape index (κ1) is 24.9. The van der Waals surface area contributed by atoms with Crippen molar-refractivity contribution in [1.29, 1.82) is 0 Å². The molecular formula is C27H29N5O4S. The largest absolute Gasteiger partial charge is 0.495 e. The molecule has 0 unspecified atom stereocenters. The van der Waals surface area contributed by atoms with E-state index in [0.29, 0.717) is 30.1 Å². The van der Waals surface area contributed by atoms with E-state index in [0.717, 1.165) is 28.8 Å². The number of nitrogens with zero attached hydrogens (tertiary/aromatic N) is 4. The lowest BCUT2D eigenvalue weighted by atomic mass is 10.1. The predicted molar refractivity (Wildman–Crippen MR) is 142 cm³/mol. The molecule has 1 aliphatic heterocycles. The summed E-state index contributed by atoms with van der Waals surface area (Å²) < 4.78 is 12.9. The molecule has 0 spiro atoms. The second-order valence-electron chi connectivity index (χ2n) is 8.92. The molecule has 1 fully saturated rings. The number of benzene rings is 2. The summed E-state index contributed by atoms with van der Waals surface area (Å²) >= 11 is 1.45. The molecule has 2 atom stereocenters. The van der Waals surface area contributed by atoms with Crippen LogP contribution in [-0.4, -0.2) is 53.2 Å². The van der Waals surface area contributed by atoms with Crippen LogP contribution in [0, 0.1) is 6.92 Å². The van der Waals surface area contributed by atoms with Gasteiger partial charge in [0.15, 0.2) is 6.04 Å². The number of methoxy groups -OCH3 is 1. The Morgan fingerprint density at radius 2 is 2.03 bits per heavy atom. The molecule has 0 aliphatic carbocycles. The molecule has 192 valence electrons. The molecule has 1 aliphatic rings. The van der Waals surface area contributed by atoms with Gasteiger partial charge in [0.25, 0.3) is 0 Å². The van der Waals surface area contributed by atoms with Gasteiger partial charge in [-0.25, -0.2) is 4.68 Å². The van der Waals surface area contributed by atoms with Crippen LogP contribution in [-0.2, 0) is 20.9 Å². The average Bonchev–Trinajstić information content (AvgIpc) is 3.68. The molecule has 37 heavy (non-hydrogen) atoms. The van der Waals surface area contributed by atoms with E-state index in [1.54, 1.807) is 23.9 Å². The lowest BCUT2D eigenvalue weighted by molar-refractivity contribution is -0.127. The monoisotopic (exact) mass is 519 g/mol. The number of anilines is 1. The van der Waals surface area contributed by atoms with Gasteiger partial charge >= 0.3 is 0 Å². The van der Waals surface area contributed by atoms with Crippen molar-refractivity contribution in [3.63, 3.8) is 0 Å². The number of thiophene rings is 1. The topological polar surface area (TPSA) is 98.6 Å². The molecule has 0 saturated carbocycles. The van der Waals surface area contributed by atoms with Gasteiger partial charge in [-0.15, -0.1) is 16.4 Å². The third kappa shape index (κ3) is 5.21. The molecule has 5 rings (SSSR count). The summed E-state index contributed by atoms with van der Waals surface area (Å²) in [7, 11) is 1.55. The summed E-state index contributed by atoms with van der Waals surface area (Å²) in [5.41, 5.74) is 2.87. The predicted octanol–water partition coefficient (Wildman–Crippen LogP) is 3.88. The summed E-state index contributed by atoms with van der Waals surface area (Å²) in [4.78, 5) is 30.3. The van der Waals surface area contributed by atoms with Crippen molar-refractivity contribution in [2.45, 2.75) is 38.5 Å². The van der Waals surface area contributed by atoms with E-state index in [4.69, 9.17) is 9.47 Å². The smallest absolute Gasteiger partial charge is 0.249 e. The molecule has 1 N–H and O–H groups in total. The number of aromatic nitrogens is 3. The van der Waals surface area contributed by atoms with Gasteiger partial charge < -0.3 is 14.8 Å². The summed E-state index contributed by atoms with van der Waals surface area (Å²) in [6, 6.07) is 15.7. The number of carbonyl (C=O) groups excluding carboxylic acids is 2. The number of nitrogens with one attached hydrogen (secondary N) is 1. The molecule has 3 heterocycles. The van der Waals surface area contributed by atoms with Crippen molar-refractivity contribution in [3.05, 3.63) is 70.4 Å². The Balaban J connectivity index is 1.55. The highest BCUT2D eigenvalue weighted by Gasteiger charge is 2.36. The highest BCUT2D eigenvalue weighted by Crippen LogP contribution is 2.38. The van der Waals surface area contributed by atoms with E-state index in [1.165, 1.54) is 16.2 Å². The van der Waals surface area contributed by atoms with E-state index < -0.39 is 6.04 Å². The van der Waals surface area contributed by atoms with Crippen molar-refractivity contribution in [2.75, 3.05) is 25.2 Å². The number of para-hydroxylation sites is 3. The van der Waals surface area contributed by atoms with Crippen LogP contribution in [0.1, 0.15) is 29.3 Å². The second-order valence-corrected chi connectivity index (χ2v) is 9.87. The van der Waals surface area contributed by atoms with Gasteiger partial charge in [-0.3, -0.25) is 14.5 Å².